The van der Waals surface area contributed by atoms with Gasteiger partial charge in [-0.05, 0) is 39.7 Å². The van der Waals surface area contributed by atoms with Gasteiger partial charge in [-0.1, -0.05) is 12.1 Å². The smallest absolute Gasteiger partial charge is 0.324 e. The van der Waals surface area contributed by atoms with Crippen LogP contribution in [0.2, 0.25) is 0 Å². The van der Waals surface area contributed by atoms with Crippen molar-refractivity contribution in [1.29, 1.82) is 0 Å². The molecule has 2 heterocycles. The second-order valence-electron chi connectivity index (χ2n) is 5.33. The monoisotopic (exact) mass is 409 g/mol. The van der Waals surface area contributed by atoms with Crippen LogP contribution in [0.15, 0.2) is 46.0 Å². The Balaban J connectivity index is 1.78. The van der Waals surface area contributed by atoms with Crippen molar-refractivity contribution < 1.29 is 19.1 Å². The maximum absolute atomic E-state index is 12.0. The molecule has 1 atom stereocenters. The Morgan fingerprint density at radius 1 is 1.33 bits per heavy atom. The third-order valence-electron chi connectivity index (χ3n) is 3.44. The number of halogens is 1. The fourth-order valence-corrected chi connectivity index (χ4v) is 3.40. The van der Waals surface area contributed by atoms with Crippen LogP contribution in [0.3, 0.4) is 0 Å². The summed E-state index contributed by atoms with van der Waals surface area (Å²) in [7, 11) is -4.09. The minimum absolute atomic E-state index is 0.197. The van der Waals surface area contributed by atoms with Crippen LogP contribution >= 0.6 is 23.5 Å². The number of aliphatic imine (C=N–C) groups is 1. The molecule has 1 aliphatic rings. The molecule has 0 spiro atoms. The third kappa shape index (κ3) is 3.96. The van der Waals surface area contributed by atoms with Crippen LogP contribution in [0.25, 0.3) is 0 Å². The molecule has 24 heavy (non-hydrogen) atoms. The number of nitrogens with zero attached hydrogens (tertiary/aromatic N) is 2. The molecule has 3 N–H and O–H groups in total. The van der Waals surface area contributed by atoms with Crippen molar-refractivity contribution >= 4 is 47.2 Å². The summed E-state index contributed by atoms with van der Waals surface area (Å²) in [5, 5.41) is 2.70. The van der Waals surface area contributed by atoms with E-state index < -0.39 is 13.5 Å². The maximum atomic E-state index is 12.0. The number of benzene rings is 1. The van der Waals surface area contributed by atoms with Crippen molar-refractivity contribution in [2.45, 2.75) is 12.1 Å². The van der Waals surface area contributed by atoms with E-state index in [2.05, 4.69) is 31.2 Å². The lowest BCUT2D eigenvalue weighted by Gasteiger charge is -2.04. The molecule has 2 aromatic rings. The molecule has 1 unspecified atom stereocenters. The van der Waals surface area contributed by atoms with Crippen LogP contribution in [0.4, 0.5) is 11.5 Å². The number of fused-ring (bicyclic) bond motifs is 1. The van der Waals surface area contributed by atoms with Crippen LogP contribution in [0.5, 0.6) is 0 Å². The standard InChI is InChI=1S/C15H13BrN3O4P/c16-10-5-12-13(15(20)19-14(12)18-6-10)7-17-11-3-1-9(2-4-11)8-24(21,22)23/h1-7,13H,8H2,(H,18,19,20)(H2,21,22,23). The number of anilines is 1. The Labute approximate surface area is 146 Å². The van der Waals surface area contributed by atoms with Gasteiger partial charge in [0.2, 0.25) is 5.91 Å². The highest BCUT2D eigenvalue weighted by molar-refractivity contribution is 9.10. The number of rotatable bonds is 4. The average molecular weight is 410 g/mol. The Kier molecular flexibility index (Phi) is 4.64. The summed E-state index contributed by atoms with van der Waals surface area (Å²) in [5.41, 5.74) is 1.87. The second kappa shape index (κ2) is 6.57. The molecular weight excluding hydrogens is 397 g/mol. The molecular formula is C15H13BrN3O4P. The molecule has 1 amide bonds. The van der Waals surface area contributed by atoms with Crippen molar-refractivity contribution in [3.05, 3.63) is 52.1 Å². The van der Waals surface area contributed by atoms with Gasteiger partial charge in [-0.25, -0.2) is 4.98 Å². The minimum atomic E-state index is -4.09. The average Bonchev–Trinajstić information content (AvgIpc) is 2.80. The van der Waals surface area contributed by atoms with Crippen LogP contribution in [-0.2, 0) is 15.5 Å². The molecule has 3 rings (SSSR count). The van der Waals surface area contributed by atoms with Gasteiger partial charge in [0.05, 0.1) is 11.8 Å². The van der Waals surface area contributed by atoms with Gasteiger partial charge in [0, 0.05) is 22.4 Å². The molecule has 0 fully saturated rings. The van der Waals surface area contributed by atoms with E-state index in [1.54, 1.807) is 30.5 Å². The first kappa shape index (κ1) is 17.0. The summed E-state index contributed by atoms with van der Waals surface area (Å²) < 4.78 is 11.8. The number of aromatic nitrogens is 1. The molecule has 1 aliphatic heterocycles. The van der Waals surface area contributed by atoms with Gasteiger partial charge in [0.1, 0.15) is 11.7 Å². The van der Waals surface area contributed by atoms with Gasteiger partial charge in [-0.2, -0.15) is 0 Å². The summed E-state index contributed by atoms with van der Waals surface area (Å²) in [6.07, 6.45) is 2.83. The summed E-state index contributed by atoms with van der Waals surface area (Å²) >= 11 is 3.33. The molecule has 0 saturated carbocycles. The van der Waals surface area contributed by atoms with Crippen molar-refractivity contribution in [1.82, 2.24) is 4.98 Å². The van der Waals surface area contributed by atoms with E-state index in [0.29, 0.717) is 17.1 Å². The SMILES string of the molecule is O=C1Nc2ncc(Br)cc2C1C=Nc1ccc(CP(=O)(O)O)cc1. The summed E-state index contributed by atoms with van der Waals surface area (Å²) in [5.74, 6) is -0.200. The Morgan fingerprint density at radius 3 is 2.71 bits per heavy atom. The number of carbonyl (C=O) groups is 1. The van der Waals surface area contributed by atoms with E-state index in [4.69, 9.17) is 9.79 Å². The number of hydrogen-bond acceptors (Lipinski definition) is 4. The quantitative estimate of drug-likeness (QED) is 0.530. The molecule has 1 aromatic carbocycles. The van der Waals surface area contributed by atoms with Gasteiger partial charge in [-0.3, -0.25) is 14.4 Å². The molecule has 0 bridgehead atoms. The molecule has 7 nitrogen and oxygen atoms in total. The van der Waals surface area contributed by atoms with Crippen LogP contribution in [-0.4, -0.2) is 26.9 Å². The summed E-state index contributed by atoms with van der Waals surface area (Å²) in [4.78, 5) is 38.4. The van der Waals surface area contributed by atoms with Gasteiger partial charge >= 0.3 is 7.60 Å². The molecule has 9 heteroatoms. The maximum Gasteiger partial charge on any atom is 0.329 e. The first-order chi connectivity index (χ1) is 11.3. The normalized spacial score (nSPS) is 17.1. The lowest BCUT2D eigenvalue weighted by atomic mass is 10.0. The van der Waals surface area contributed by atoms with Gasteiger partial charge < -0.3 is 15.1 Å². The van der Waals surface area contributed by atoms with Gasteiger partial charge in [0.25, 0.3) is 0 Å². The van der Waals surface area contributed by atoms with Crippen molar-refractivity contribution in [2.75, 3.05) is 5.32 Å². The zero-order chi connectivity index (χ0) is 17.3. The zero-order valence-corrected chi connectivity index (χ0v) is 14.7. The van der Waals surface area contributed by atoms with E-state index in [1.807, 2.05) is 6.07 Å². The minimum Gasteiger partial charge on any atom is -0.324 e. The highest BCUT2D eigenvalue weighted by Crippen LogP contribution is 2.39. The predicted molar refractivity (Wildman–Crippen MR) is 93.6 cm³/mol. The lowest BCUT2D eigenvalue weighted by Crippen LogP contribution is -2.12. The highest BCUT2D eigenvalue weighted by Gasteiger charge is 2.30. The molecule has 1 aromatic heterocycles. The van der Waals surface area contributed by atoms with E-state index in [-0.39, 0.29) is 12.1 Å². The van der Waals surface area contributed by atoms with E-state index >= 15 is 0 Å². The Bertz CT molecular complexity index is 864. The second-order valence-corrected chi connectivity index (χ2v) is 7.89. The van der Waals surface area contributed by atoms with E-state index in [1.165, 1.54) is 6.21 Å². The van der Waals surface area contributed by atoms with E-state index in [0.717, 1.165) is 10.0 Å². The summed E-state index contributed by atoms with van der Waals surface area (Å²) in [6.45, 7) is 0. The zero-order valence-electron chi connectivity index (χ0n) is 12.3. The topological polar surface area (TPSA) is 112 Å². The first-order valence-electron chi connectivity index (χ1n) is 6.96. The largest absolute Gasteiger partial charge is 0.329 e. The van der Waals surface area contributed by atoms with Crippen LogP contribution in [0, 0.1) is 0 Å². The highest BCUT2D eigenvalue weighted by atomic mass is 79.9. The van der Waals surface area contributed by atoms with Crippen molar-refractivity contribution in [3.63, 3.8) is 0 Å². The van der Waals surface area contributed by atoms with Crippen LogP contribution < -0.4 is 5.32 Å². The molecule has 0 radical (unpaired) electrons. The van der Waals surface area contributed by atoms with Crippen molar-refractivity contribution in [2.24, 2.45) is 4.99 Å². The molecule has 124 valence electrons. The predicted octanol–water partition coefficient (Wildman–Crippen LogP) is 2.96. The van der Waals surface area contributed by atoms with Gasteiger partial charge in [-0.15, -0.1) is 0 Å². The summed E-state index contributed by atoms with van der Waals surface area (Å²) in [6, 6.07) is 8.32. The fourth-order valence-electron chi connectivity index (χ4n) is 2.37. The van der Waals surface area contributed by atoms with E-state index in [9.17, 15) is 9.36 Å². The number of pyridine rings is 1. The third-order valence-corrected chi connectivity index (χ3v) is 4.65. The number of carbonyl (C=O) groups excluding carboxylic acids is 1. The van der Waals surface area contributed by atoms with Gasteiger partial charge in [0.15, 0.2) is 0 Å². The lowest BCUT2D eigenvalue weighted by molar-refractivity contribution is -0.115. The Morgan fingerprint density at radius 2 is 2.04 bits per heavy atom. The number of hydrogen-bond donors (Lipinski definition) is 3. The molecule has 0 saturated heterocycles. The fraction of sp³-hybridized carbons (Fsp3) is 0.133. The van der Waals surface area contributed by atoms with Crippen molar-refractivity contribution in [3.8, 4) is 0 Å². The molecule has 0 aliphatic carbocycles. The number of amides is 1. The van der Waals surface area contributed by atoms with Crippen LogP contribution in [0.1, 0.15) is 17.0 Å². The Hall–Kier alpha value is -1.86. The number of nitrogens with one attached hydrogen (secondary N) is 1. The first-order valence-corrected chi connectivity index (χ1v) is 9.55.